The van der Waals surface area contributed by atoms with E-state index in [2.05, 4.69) is 50.5 Å². The summed E-state index contributed by atoms with van der Waals surface area (Å²) in [6, 6.07) is 6.26. The summed E-state index contributed by atoms with van der Waals surface area (Å²) in [6.07, 6.45) is 1.36. The minimum Gasteiger partial charge on any atom is -0.355 e. The predicted octanol–water partition coefficient (Wildman–Crippen LogP) is 1.71. The lowest BCUT2D eigenvalue weighted by Crippen LogP contribution is -2.46. The van der Waals surface area contributed by atoms with Crippen molar-refractivity contribution in [3.63, 3.8) is 0 Å². The summed E-state index contributed by atoms with van der Waals surface area (Å²) in [7, 11) is 0. The van der Waals surface area contributed by atoms with Crippen molar-refractivity contribution in [2.24, 2.45) is 0 Å². The average Bonchev–Trinajstić information content (AvgIpc) is 2.49. The largest absolute Gasteiger partial charge is 0.355 e. The Kier molecular flexibility index (Phi) is 6.67. The first-order chi connectivity index (χ1) is 10.1. The molecule has 116 valence electrons. The molecule has 0 bridgehead atoms. The van der Waals surface area contributed by atoms with Gasteiger partial charge in [0, 0.05) is 50.2 Å². The fourth-order valence-corrected chi connectivity index (χ4v) is 2.74. The van der Waals surface area contributed by atoms with Crippen LogP contribution in [0.5, 0.6) is 0 Å². The Bertz CT molecular complexity index is 473. The van der Waals surface area contributed by atoms with Crippen molar-refractivity contribution in [2.75, 3.05) is 39.3 Å². The molecule has 21 heavy (non-hydrogen) atoms. The van der Waals surface area contributed by atoms with E-state index < -0.39 is 0 Å². The second-order valence-corrected chi connectivity index (χ2v) is 6.38. The molecule has 1 aromatic rings. The van der Waals surface area contributed by atoms with E-state index >= 15 is 0 Å². The maximum absolute atomic E-state index is 11.9. The van der Waals surface area contributed by atoms with Gasteiger partial charge in [0.1, 0.15) is 0 Å². The van der Waals surface area contributed by atoms with E-state index in [1.54, 1.807) is 0 Å². The minimum absolute atomic E-state index is 0.144. The summed E-state index contributed by atoms with van der Waals surface area (Å²) in [5, 5.41) is 6.34. The van der Waals surface area contributed by atoms with Gasteiger partial charge in [-0.2, -0.15) is 0 Å². The number of rotatable bonds is 6. The summed E-state index contributed by atoms with van der Waals surface area (Å²) < 4.78 is 1.12. The Morgan fingerprint density at radius 2 is 2.14 bits per heavy atom. The van der Waals surface area contributed by atoms with E-state index in [1.165, 1.54) is 11.1 Å². The molecule has 1 amide bonds. The molecule has 0 radical (unpaired) electrons. The third-order valence-corrected chi connectivity index (χ3v) is 4.71. The third kappa shape index (κ3) is 5.77. The van der Waals surface area contributed by atoms with Crippen molar-refractivity contribution in [3.05, 3.63) is 33.8 Å². The van der Waals surface area contributed by atoms with Crippen molar-refractivity contribution in [1.29, 1.82) is 0 Å². The maximum atomic E-state index is 11.9. The highest BCUT2D eigenvalue weighted by Crippen LogP contribution is 2.17. The van der Waals surface area contributed by atoms with Crippen molar-refractivity contribution in [1.82, 2.24) is 15.5 Å². The zero-order valence-electron chi connectivity index (χ0n) is 12.6. The molecular weight excluding hydrogens is 330 g/mol. The molecule has 1 saturated heterocycles. The highest BCUT2D eigenvalue weighted by Gasteiger charge is 2.09. The molecule has 1 aromatic carbocycles. The zero-order chi connectivity index (χ0) is 15.1. The zero-order valence-corrected chi connectivity index (χ0v) is 14.2. The van der Waals surface area contributed by atoms with E-state index in [4.69, 9.17) is 0 Å². The Labute approximate surface area is 135 Å². The van der Waals surface area contributed by atoms with Crippen LogP contribution in [0.25, 0.3) is 0 Å². The van der Waals surface area contributed by atoms with Crippen LogP contribution >= 0.6 is 15.9 Å². The Morgan fingerprint density at radius 3 is 2.86 bits per heavy atom. The normalized spacial score (nSPS) is 15.9. The van der Waals surface area contributed by atoms with Gasteiger partial charge in [-0.05, 0) is 30.5 Å². The van der Waals surface area contributed by atoms with Crippen molar-refractivity contribution < 1.29 is 4.79 Å². The quantitative estimate of drug-likeness (QED) is 0.818. The summed E-state index contributed by atoms with van der Waals surface area (Å²) in [5.74, 6) is 0.144. The first-order valence-corrected chi connectivity index (χ1v) is 8.39. The first kappa shape index (κ1) is 16.5. The smallest absolute Gasteiger partial charge is 0.220 e. The maximum Gasteiger partial charge on any atom is 0.220 e. The lowest BCUT2D eigenvalue weighted by Gasteiger charge is -2.27. The molecule has 0 unspecified atom stereocenters. The molecule has 0 atom stereocenters. The summed E-state index contributed by atoms with van der Waals surface area (Å²) in [6.45, 7) is 8.03. The van der Waals surface area contributed by atoms with Gasteiger partial charge >= 0.3 is 0 Å². The van der Waals surface area contributed by atoms with Crippen LogP contribution < -0.4 is 10.6 Å². The SMILES string of the molecule is Cc1cc(CCC(=O)NCCN2CCNCC2)ccc1Br. The number of aryl methyl sites for hydroxylation is 2. The van der Waals surface area contributed by atoms with Gasteiger partial charge in [0.15, 0.2) is 0 Å². The molecule has 2 N–H and O–H groups in total. The Balaban J connectivity index is 1.63. The minimum atomic E-state index is 0.144. The lowest BCUT2D eigenvalue weighted by atomic mass is 10.1. The number of nitrogens with zero attached hydrogens (tertiary/aromatic N) is 1. The number of halogens is 1. The molecule has 1 aliphatic rings. The molecule has 4 nitrogen and oxygen atoms in total. The van der Waals surface area contributed by atoms with Crippen molar-refractivity contribution in [2.45, 2.75) is 19.8 Å². The van der Waals surface area contributed by atoms with Gasteiger partial charge < -0.3 is 10.6 Å². The van der Waals surface area contributed by atoms with Crippen LogP contribution in [-0.4, -0.2) is 50.1 Å². The van der Waals surface area contributed by atoms with Gasteiger partial charge in [-0.1, -0.05) is 28.1 Å². The van der Waals surface area contributed by atoms with Crippen LogP contribution in [0.4, 0.5) is 0 Å². The Morgan fingerprint density at radius 1 is 1.38 bits per heavy atom. The number of carbonyl (C=O) groups is 1. The van der Waals surface area contributed by atoms with Gasteiger partial charge in [-0.15, -0.1) is 0 Å². The number of amides is 1. The topological polar surface area (TPSA) is 44.4 Å². The van der Waals surface area contributed by atoms with Crippen LogP contribution in [0.15, 0.2) is 22.7 Å². The Hall–Kier alpha value is -0.910. The molecular formula is C16H24BrN3O. The molecule has 1 aliphatic heterocycles. The van der Waals surface area contributed by atoms with E-state index in [9.17, 15) is 4.79 Å². The van der Waals surface area contributed by atoms with Gasteiger partial charge in [-0.25, -0.2) is 0 Å². The third-order valence-electron chi connectivity index (χ3n) is 3.82. The number of hydrogen-bond acceptors (Lipinski definition) is 3. The molecule has 5 heteroatoms. The summed E-state index contributed by atoms with van der Waals surface area (Å²) in [5.41, 5.74) is 2.43. The number of piperazine rings is 1. The van der Waals surface area contributed by atoms with E-state index in [0.29, 0.717) is 6.42 Å². The fourth-order valence-electron chi connectivity index (χ4n) is 2.50. The fraction of sp³-hybridized carbons (Fsp3) is 0.562. The van der Waals surface area contributed by atoms with Crippen molar-refractivity contribution >= 4 is 21.8 Å². The number of nitrogens with one attached hydrogen (secondary N) is 2. The van der Waals surface area contributed by atoms with Gasteiger partial charge in [0.25, 0.3) is 0 Å². The monoisotopic (exact) mass is 353 g/mol. The lowest BCUT2D eigenvalue weighted by molar-refractivity contribution is -0.121. The molecule has 0 spiro atoms. The predicted molar refractivity (Wildman–Crippen MR) is 89.5 cm³/mol. The summed E-state index contributed by atoms with van der Waals surface area (Å²) in [4.78, 5) is 14.2. The van der Waals surface area contributed by atoms with E-state index in [1.807, 2.05) is 6.07 Å². The first-order valence-electron chi connectivity index (χ1n) is 7.60. The average molecular weight is 354 g/mol. The van der Waals surface area contributed by atoms with Crippen molar-refractivity contribution in [3.8, 4) is 0 Å². The van der Waals surface area contributed by atoms with Crippen LogP contribution in [0.2, 0.25) is 0 Å². The van der Waals surface area contributed by atoms with E-state index in [0.717, 1.165) is 50.2 Å². The second kappa shape index (κ2) is 8.51. The molecule has 2 rings (SSSR count). The van der Waals surface area contributed by atoms with Crippen LogP contribution in [-0.2, 0) is 11.2 Å². The highest BCUT2D eigenvalue weighted by atomic mass is 79.9. The molecule has 1 fully saturated rings. The van der Waals surface area contributed by atoms with Crippen LogP contribution in [0.1, 0.15) is 17.5 Å². The highest BCUT2D eigenvalue weighted by molar-refractivity contribution is 9.10. The van der Waals surface area contributed by atoms with Gasteiger partial charge in [-0.3, -0.25) is 9.69 Å². The van der Waals surface area contributed by atoms with Gasteiger partial charge in [0.2, 0.25) is 5.91 Å². The number of hydrogen-bond donors (Lipinski definition) is 2. The molecule has 0 aromatic heterocycles. The molecule has 0 saturated carbocycles. The second-order valence-electron chi connectivity index (χ2n) is 5.53. The summed E-state index contributed by atoms with van der Waals surface area (Å²) >= 11 is 3.49. The number of benzene rings is 1. The van der Waals surface area contributed by atoms with Crippen LogP contribution in [0.3, 0.4) is 0 Å². The van der Waals surface area contributed by atoms with Gasteiger partial charge in [0.05, 0.1) is 0 Å². The molecule has 0 aliphatic carbocycles. The van der Waals surface area contributed by atoms with E-state index in [-0.39, 0.29) is 5.91 Å². The number of carbonyl (C=O) groups excluding carboxylic acids is 1. The standard InChI is InChI=1S/C16H24BrN3O/c1-13-12-14(2-4-15(13)17)3-5-16(21)19-8-11-20-9-6-18-7-10-20/h2,4,12,18H,3,5-11H2,1H3,(H,19,21). The van der Waals surface area contributed by atoms with Crippen LogP contribution in [0, 0.1) is 6.92 Å². The molecule has 1 heterocycles.